The number of likely N-dealkylation sites (tertiary alicyclic amines) is 1. The van der Waals surface area contributed by atoms with Crippen molar-refractivity contribution in [2.75, 3.05) is 25.4 Å². The minimum Gasteiger partial charge on any atom is -0.298 e. The molecule has 0 aliphatic carbocycles. The van der Waals surface area contributed by atoms with Crippen LogP contribution in [0.1, 0.15) is 33.1 Å². The molecule has 1 unspecified atom stereocenters. The molecule has 1 rings (SSSR count). The molecule has 5 nitrogen and oxygen atoms in total. The van der Waals surface area contributed by atoms with Crippen molar-refractivity contribution in [3.05, 3.63) is 0 Å². The molecule has 7 heteroatoms. The third kappa shape index (κ3) is 6.94. The number of hydrogen-bond donors (Lipinski definition) is 2. The number of nitrogens with two attached hydrogens (primary N) is 1. The van der Waals surface area contributed by atoms with Crippen molar-refractivity contribution in [3.8, 4) is 0 Å². The first-order valence-corrected chi connectivity index (χ1v) is 9.11. The lowest BCUT2D eigenvalue weighted by Crippen LogP contribution is -2.48. The van der Waals surface area contributed by atoms with Crippen molar-refractivity contribution in [2.24, 2.45) is 5.14 Å². The molecule has 1 aliphatic rings. The van der Waals surface area contributed by atoms with Gasteiger partial charge in [-0.15, -0.1) is 0 Å². The van der Waals surface area contributed by atoms with Crippen molar-refractivity contribution in [1.82, 2.24) is 9.62 Å². The Kier molecular flexibility index (Phi) is 6.94. The molecule has 0 amide bonds. The number of rotatable bonds is 7. The highest BCUT2D eigenvalue weighted by molar-refractivity contribution is 7.99. The monoisotopic (exact) mass is 295 g/mol. The molecule has 0 radical (unpaired) electrons. The molecule has 1 heterocycles. The zero-order chi connectivity index (χ0) is 13.6. The van der Waals surface area contributed by atoms with Crippen LogP contribution in [0, 0.1) is 0 Å². The fourth-order valence-corrected chi connectivity index (χ4v) is 3.44. The van der Waals surface area contributed by atoms with E-state index in [4.69, 9.17) is 5.14 Å². The largest absolute Gasteiger partial charge is 0.298 e. The van der Waals surface area contributed by atoms with E-state index in [1.807, 2.05) is 11.8 Å². The molecule has 3 N–H and O–H groups in total. The van der Waals surface area contributed by atoms with Crippen molar-refractivity contribution in [2.45, 2.75) is 44.4 Å². The third-order valence-corrected chi connectivity index (χ3v) is 4.75. The second-order valence-electron chi connectivity index (χ2n) is 5.00. The van der Waals surface area contributed by atoms with Gasteiger partial charge in [0.05, 0.1) is 0 Å². The molecule has 0 bridgehead atoms. The summed E-state index contributed by atoms with van der Waals surface area (Å²) < 4.78 is 24.3. The minimum atomic E-state index is -3.56. The highest BCUT2D eigenvalue weighted by Crippen LogP contribution is 2.18. The predicted molar refractivity (Wildman–Crippen MR) is 77.9 cm³/mol. The van der Waals surface area contributed by atoms with Crippen LogP contribution < -0.4 is 9.86 Å². The summed E-state index contributed by atoms with van der Waals surface area (Å²) in [5.74, 6) is 1.10. The summed E-state index contributed by atoms with van der Waals surface area (Å²) in [5, 5.41) is 5.63. The number of piperidine rings is 1. The summed E-state index contributed by atoms with van der Waals surface area (Å²) in [6.45, 7) is 6.92. The second-order valence-corrected chi connectivity index (χ2v) is 8.06. The lowest BCUT2D eigenvalue weighted by atomic mass is 10.0. The molecule has 0 aromatic heterocycles. The van der Waals surface area contributed by atoms with E-state index in [0.717, 1.165) is 25.3 Å². The van der Waals surface area contributed by atoms with Gasteiger partial charge >= 0.3 is 0 Å². The Labute approximate surface area is 115 Å². The van der Waals surface area contributed by atoms with Crippen LogP contribution in [-0.2, 0) is 10.2 Å². The van der Waals surface area contributed by atoms with Gasteiger partial charge in [0.1, 0.15) is 0 Å². The lowest BCUT2D eigenvalue weighted by molar-refractivity contribution is 0.159. The molecule has 18 heavy (non-hydrogen) atoms. The molecule has 0 aromatic rings. The number of nitrogens with zero attached hydrogens (tertiary/aromatic N) is 1. The molecular weight excluding hydrogens is 270 g/mol. The van der Waals surface area contributed by atoms with Crippen LogP contribution in [-0.4, -0.2) is 50.0 Å². The van der Waals surface area contributed by atoms with Gasteiger partial charge in [-0.05, 0) is 24.6 Å². The van der Waals surface area contributed by atoms with Crippen LogP contribution in [0.3, 0.4) is 0 Å². The first kappa shape index (κ1) is 16.2. The SMILES string of the molecule is CC(C)SCCN1CCCCC1CNS(N)(=O)=O. The molecule has 0 saturated carbocycles. The van der Waals surface area contributed by atoms with Gasteiger partial charge in [0, 0.05) is 24.9 Å². The van der Waals surface area contributed by atoms with Crippen molar-refractivity contribution in [3.63, 3.8) is 0 Å². The maximum Gasteiger partial charge on any atom is 0.274 e. The average Bonchev–Trinajstić information content (AvgIpc) is 2.26. The maximum absolute atomic E-state index is 10.9. The van der Waals surface area contributed by atoms with Crippen LogP contribution in [0.2, 0.25) is 0 Å². The van der Waals surface area contributed by atoms with Gasteiger partial charge in [-0.3, -0.25) is 4.90 Å². The van der Waals surface area contributed by atoms with Crippen LogP contribution in [0.15, 0.2) is 0 Å². The van der Waals surface area contributed by atoms with E-state index in [9.17, 15) is 8.42 Å². The van der Waals surface area contributed by atoms with E-state index < -0.39 is 10.2 Å². The summed E-state index contributed by atoms with van der Waals surface area (Å²) in [6.07, 6.45) is 3.43. The van der Waals surface area contributed by atoms with Crippen molar-refractivity contribution < 1.29 is 8.42 Å². The normalized spacial score (nSPS) is 22.6. The number of thioether (sulfide) groups is 1. The van der Waals surface area contributed by atoms with Crippen LogP contribution in [0.5, 0.6) is 0 Å². The molecular formula is C11H25N3O2S2. The smallest absolute Gasteiger partial charge is 0.274 e. The molecule has 0 aromatic carbocycles. The van der Waals surface area contributed by atoms with Gasteiger partial charge in [-0.2, -0.15) is 20.2 Å². The molecule has 108 valence electrons. The summed E-state index contributed by atoms with van der Waals surface area (Å²) in [6, 6.07) is 0.296. The van der Waals surface area contributed by atoms with Crippen molar-refractivity contribution in [1.29, 1.82) is 0 Å². The highest BCUT2D eigenvalue weighted by atomic mass is 32.2. The highest BCUT2D eigenvalue weighted by Gasteiger charge is 2.22. The van der Waals surface area contributed by atoms with E-state index in [1.54, 1.807) is 0 Å². The zero-order valence-corrected chi connectivity index (χ0v) is 12.9. The summed E-state index contributed by atoms with van der Waals surface area (Å²) in [7, 11) is -3.56. The summed E-state index contributed by atoms with van der Waals surface area (Å²) >= 11 is 1.95. The quantitative estimate of drug-likeness (QED) is 0.727. The average molecular weight is 295 g/mol. The molecule has 1 atom stereocenters. The van der Waals surface area contributed by atoms with E-state index in [2.05, 4.69) is 23.5 Å². The Hall–Kier alpha value is 0.180. The second kappa shape index (κ2) is 7.69. The number of hydrogen-bond acceptors (Lipinski definition) is 4. The van der Waals surface area contributed by atoms with E-state index in [-0.39, 0.29) is 0 Å². The topological polar surface area (TPSA) is 75.4 Å². The first-order chi connectivity index (χ1) is 8.38. The van der Waals surface area contributed by atoms with Crippen molar-refractivity contribution >= 4 is 22.0 Å². The lowest BCUT2D eigenvalue weighted by Gasteiger charge is -2.35. The Balaban J connectivity index is 2.37. The van der Waals surface area contributed by atoms with Crippen LogP contribution >= 0.6 is 11.8 Å². The molecule has 1 aliphatic heterocycles. The first-order valence-electron chi connectivity index (χ1n) is 6.51. The minimum absolute atomic E-state index is 0.296. The molecule has 1 fully saturated rings. The predicted octanol–water partition coefficient (Wildman–Crippen LogP) is 0.776. The number of nitrogens with one attached hydrogen (secondary N) is 1. The van der Waals surface area contributed by atoms with Gasteiger partial charge in [0.15, 0.2) is 0 Å². The third-order valence-electron chi connectivity index (χ3n) is 3.10. The van der Waals surface area contributed by atoms with Crippen LogP contribution in [0.25, 0.3) is 0 Å². The Morgan fingerprint density at radius 3 is 2.78 bits per heavy atom. The Morgan fingerprint density at radius 2 is 2.17 bits per heavy atom. The standard InChI is InChI=1S/C11H25N3O2S2/c1-10(2)17-8-7-14-6-4-3-5-11(14)9-13-18(12,15)16/h10-11,13H,3-9H2,1-2H3,(H2,12,15,16). The van der Waals surface area contributed by atoms with Gasteiger partial charge in [0.2, 0.25) is 0 Å². The summed E-state index contributed by atoms with van der Waals surface area (Å²) in [5.41, 5.74) is 0. The van der Waals surface area contributed by atoms with E-state index in [0.29, 0.717) is 17.8 Å². The fourth-order valence-electron chi connectivity index (χ4n) is 2.20. The maximum atomic E-state index is 10.9. The zero-order valence-electron chi connectivity index (χ0n) is 11.3. The van der Waals surface area contributed by atoms with Gasteiger partial charge in [-0.1, -0.05) is 20.3 Å². The van der Waals surface area contributed by atoms with Gasteiger partial charge < -0.3 is 0 Å². The van der Waals surface area contributed by atoms with E-state index in [1.165, 1.54) is 12.8 Å². The fraction of sp³-hybridized carbons (Fsp3) is 1.00. The molecule has 1 saturated heterocycles. The van der Waals surface area contributed by atoms with Crippen LogP contribution in [0.4, 0.5) is 0 Å². The Morgan fingerprint density at radius 1 is 1.44 bits per heavy atom. The summed E-state index contributed by atoms with van der Waals surface area (Å²) in [4.78, 5) is 2.39. The van der Waals surface area contributed by atoms with E-state index >= 15 is 0 Å². The Bertz CT molecular complexity index is 333. The molecule has 0 spiro atoms. The van der Waals surface area contributed by atoms with Gasteiger partial charge in [-0.25, -0.2) is 9.86 Å². The van der Waals surface area contributed by atoms with Gasteiger partial charge in [0.25, 0.3) is 10.2 Å².